The standard InChI is InChI=1S/C9H14N4/c1-2-13(9(10)11)7-8-3-5-12-6-4-8/h3-6H,2,7H2,1H3,(H3,10,11). The Labute approximate surface area is 77.9 Å². The third kappa shape index (κ3) is 2.74. The minimum Gasteiger partial charge on any atom is -0.370 e. The first-order valence-corrected chi connectivity index (χ1v) is 4.22. The lowest BCUT2D eigenvalue weighted by Crippen LogP contribution is -2.35. The van der Waals surface area contributed by atoms with E-state index in [9.17, 15) is 0 Å². The van der Waals surface area contributed by atoms with Crippen LogP contribution in [-0.4, -0.2) is 22.4 Å². The van der Waals surface area contributed by atoms with E-state index in [2.05, 4.69) is 4.98 Å². The molecule has 0 spiro atoms. The molecule has 3 N–H and O–H groups in total. The first-order chi connectivity index (χ1) is 6.24. The largest absolute Gasteiger partial charge is 0.370 e. The normalized spacial score (nSPS) is 9.62. The lowest BCUT2D eigenvalue weighted by Gasteiger charge is -2.20. The van der Waals surface area contributed by atoms with Gasteiger partial charge >= 0.3 is 0 Å². The van der Waals surface area contributed by atoms with Gasteiger partial charge in [0.15, 0.2) is 5.96 Å². The van der Waals surface area contributed by atoms with Crippen LogP contribution in [0.15, 0.2) is 24.5 Å². The molecule has 0 aliphatic rings. The zero-order valence-corrected chi connectivity index (χ0v) is 7.70. The van der Waals surface area contributed by atoms with Crippen molar-refractivity contribution in [3.05, 3.63) is 30.1 Å². The van der Waals surface area contributed by atoms with Crippen LogP contribution < -0.4 is 5.73 Å². The third-order valence-corrected chi connectivity index (χ3v) is 1.85. The van der Waals surface area contributed by atoms with E-state index in [-0.39, 0.29) is 5.96 Å². The zero-order chi connectivity index (χ0) is 9.68. The van der Waals surface area contributed by atoms with Gasteiger partial charge in [-0.15, -0.1) is 0 Å². The molecule has 0 aliphatic carbocycles. The molecule has 1 aromatic heterocycles. The molecule has 0 saturated heterocycles. The highest BCUT2D eigenvalue weighted by Crippen LogP contribution is 2.01. The highest BCUT2D eigenvalue weighted by molar-refractivity contribution is 5.74. The summed E-state index contributed by atoms with van der Waals surface area (Å²) < 4.78 is 0. The van der Waals surface area contributed by atoms with Gasteiger partial charge in [0.25, 0.3) is 0 Å². The number of nitrogens with two attached hydrogens (primary N) is 1. The van der Waals surface area contributed by atoms with Gasteiger partial charge in [-0.2, -0.15) is 0 Å². The molecule has 0 unspecified atom stereocenters. The van der Waals surface area contributed by atoms with E-state index < -0.39 is 0 Å². The Morgan fingerprint density at radius 2 is 2.15 bits per heavy atom. The number of nitrogens with one attached hydrogen (secondary N) is 1. The van der Waals surface area contributed by atoms with Gasteiger partial charge in [0.05, 0.1) is 0 Å². The molecule has 70 valence electrons. The summed E-state index contributed by atoms with van der Waals surface area (Å²) in [5.41, 5.74) is 6.51. The van der Waals surface area contributed by atoms with Crippen molar-refractivity contribution >= 4 is 5.96 Å². The van der Waals surface area contributed by atoms with Gasteiger partial charge in [-0.1, -0.05) is 0 Å². The predicted octanol–water partition coefficient (Wildman–Crippen LogP) is 0.797. The summed E-state index contributed by atoms with van der Waals surface area (Å²) in [5, 5.41) is 7.29. The van der Waals surface area contributed by atoms with Crippen molar-refractivity contribution in [1.29, 1.82) is 5.41 Å². The van der Waals surface area contributed by atoms with E-state index in [0.29, 0.717) is 6.54 Å². The quantitative estimate of drug-likeness (QED) is 0.531. The molecule has 0 fully saturated rings. The monoisotopic (exact) mass is 178 g/mol. The molecule has 0 saturated carbocycles. The van der Waals surface area contributed by atoms with Gasteiger partial charge < -0.3 is 10.6 Å². The van der Waals surface area contributed by atoms with Gasteiger partial charge in [0.2, 0.25) is 0 Å². The lowest BCUT2D eigenvalue weighted by atomic mass is 10.2. The summed E-state index contributed by atoms with van der Waals surface area (Å²) in [6.07, 6.45) is 3.48. The number of hydrogen-bond acceptors (Lipinski definition) is 2. The van der Waals surface area contributed by atoms with Crippen LogP contribution in [0.1, 0.15) is 12.5 Å². The Morgan fingerprint density at radius 1 is 1.54 bits per heavy atom. The zero-order valence-electron chi connectivity index (χ0n) is 7.70. The average Bonchev–Trinajstić information content (AvgIpc) is 2.15. The third-order valence-electron chi connectivity index (χ3n) is 1.85. The maximum atomic E-state index is 7.29. The van der Waals surface area contributed by atoms with Crippen molar-refractivity contribution in [2.45, 2.75) is 13.5 Å². The first kappa shape index (κ1) is 9.51. The van der Waals surface area contributed by atoms with E-state index >= 15 is 0 Å². The average molecular weight is 178 g/mol. The molecule has 0 aliphatic heterocycles. The van der Waals surface area contributed by atoms with Crippen LogP contribution in [-0.2, 0) is 6.54 Å². The van der Waals surface area contributed by atoms with Gasteiger partial charge in [-0.05, 0) is 24.6 Å². The number of hydrogen-bond donors (Lipinski definition) is 2. The second-order valence-electron chi connectivity index (χ2n) is 2.75. The lowest BCUT2D eigenvalue weighted by molar-refractivity contribution is 0.427. The minimum atomic E-state index is 0.110. The Kier molecular flexibility index (Phi) is 3.25. The van der Waals surface area contributed by atoms with Crippen molar-refractivity contribution < 1.29 is 0 Å². The molecule has 1 aromatic rings. The van der Waals surface area contributed by atoms with E-state index in [1.807, 2.05) is 19.1 Å². The molecule has 0 radical (unpaired) electrons. The van der Waals surface area contributed by atoms with Crippen molar-refractivity contribution in [2.24, 2.45) is 5.73 Å². The summed E-state index contributed by atoms with van der Waals surface area (Å²) >= 11 is 0. The summed E-state index contributed by atoms with van der Waals surface area (Å²) in [7, 11) is 0. The summed E-state index contributed by atoms with van der Waals surface area (Å²) in [5.74, 6) is 0.110. The number of aromatic nitrogens is 1. The highest BCUT2D eigenvalue weighted by atomic mass is 15.2. The van der Waals surface area contributed by atoms with Crippen molar-refractivity contribution in [2.75, 3.05) is 6.54 Å². The van der Waals surface area contributed by atoms with Crippen LogP contribution in [0, 0.1) is 5.41 Å². The predicted molar refractivity (Wildman–Crippen MR) is 52.2 cm³/mol. The topological polar surface area (TPSA) is 66.0 Å². The van der Waals surface area contributed by atoms with Crippen LogP contribution in [0.3, 0.4) is 0 Å². The Bertz CT molecular complexity index is 270. The van der Waals surface area contributed by atoms with Gasteiger partial charge in [0.1, 0.15) is 0 Å². The molecule has 1 rings (SSSR count). The molecule has 13 heavy (non-hydrogen) atoms. The second kappa shape index (κ2) is 4.45. The summed E-state index contributed by atoms with van der Waals surface area (Å²) in [6.45, 7) is 3.40. The van der Waals surface area contributed by atoms with E-state index in [0.717, 1.165) is 12.1 Å². The van der Waals surface area contributed by atoms with Crippen LogP contribution >= 0.6 is 0 Å². The molecule has 0 atom stereocenters. The molecular formula is C9H14N4. The highest BCUT2D eigenvalue weighted by Gasteiger charge is 2.03. The van der Waals surface area contributed by atoms with E-state index in [1.165, 1.54) is 0 Å². The molecular weight excluding hydrogens is 164 g/mol. The van der Waals surface area contributed by atoms with Gasteiger partial charge in [0, 0.05) is 25.5 Å². The number of nitrogens with zero attached hydrogens (tertiary/aromatic N) is 2. The van der Waals surface area contributed by atoms with E-state index in [4.69, 9.17) is 11.1 Å². The fourth-order valence-electron chi connectivity index (χ4n) is 1.08. The van der Waals surface area contributed by atoms with Crippen LogP contribution in [0.2, 0.25) is 0 Å². The Hall–Kier alpha value is -1.58. The molecule has 4 heteroatoms. The minimum absolute atomic E-state index is 0.110. The summed E-state index contributed by atoms with van der Waals surface area (Å²) in [6, 6.07) is 3.84. The van der Waals surface area contributed by atoms with Crippen LogP contribution in [0.4, 0.5) is 0 Å². The maximum Gasteiger partial charge on any atom is 0.188 e. The first-order valence-electron chi connectivity index (χ1n) is 4.22. The number of rotatable bonds is 3. The van der Waals surface area contributed by atoms with E-state index in [1.54, 1.807) is 17.3 Å². The summed E-state index contributed by atoms with van der Waals surface area (Å²) in [4.78, 5) is 5.71. The van der Waals surface area contributed by atoms with Crippen LogP contribution in [0.25, 0.3) is 0 Å². The van der Waals surface area contributed by atoms with Gasteiger partial charge in [-0.3, -0.25) is 10.4 Å². The fraction of sp³-hybridized carbons (Fsp3) is 0.333. The molecule has 0 amide bonds. The molecule has 0 aromatic carbocycles. The molecule has 1 heterocycles. The second-order valence-corrected chi connectivity index (χ2v) is 2.75. The number of guanidine groups is 1. The molecule has 0 bridgehead atoms. The fourth-order valence-corrected chi connectivity index (χ4v) is 1.08. The Balaban J connectivity index is 2.62. The van der Waals surface area contributed by atoms with Crippen molar-refractivity contribution in [3.8, 4) is 0 Å². The maximum absolute atomic E-state index is 7.29. The molecule has 4 nitrogen and oxygen atoms in total. The smallest absolute Gasteiger partial charge is 0.188 e. The Morgan fingerprint density at radius 3 is 2.62 bits per heavy atom. The van der Waals surface area contributed by atoms with Crippen molar-refractivity contribution in [3.63, 3.8) is 0 Å². The number of pyridine rings is 1. The van der Waals surface area contributed by atoms with Crippen molar-refractivity contribution in [1.82, 2.24) is 9.88 Å². The SMILES string of the molecule is CCN(Cc1ccncc1)C(=N)N. The van der Waals surface area contributed by atoms with Crippen LogP contribution in [0.5, 0.6) is 0 Å². The van der Waals surface area contributed by atoms with Gasteiger partial charge in [-0.25, -0.2) is 0 Å².